The van der Waals surface area contributed by atoms with Crippen molar-refractivity contribution in [3.63, 3.8) is 0 Å². The Hall–Kier alpha value is -1.97. The molecule has 2 rings (SSSR count). The molecule has 0 bridgehead atoms. The van der Waals surface area contributed by atoms with Gasteiger partial charge in [-0.1, -0.05) is 0 Å². The number of rotatable bonds is 2. The number of alkyl halides is 6. The molecule has 1 aromatic rings. The lowest BCUT2D eigenvalue weighted by atomic mass is 9.99. The van der Waals surface area contributed by atoms with Crippen molar-refractivity contribution in [2.45, 2.75) is 25.3 Å². The molecule has 2 amide bonds. The van der Waals surface area contributed by atoms with Gasteiger partial charge in [-0.15, -0.1) is 0 Å². The van der Waals surface area contributed by atoms with Gasteiger partial charge in [0.1, 0.15) is 0 Å². The molecule has 1 N–H and O–H groups in total. The molecular formula is C16H19F6N3O. The SMILES string of the molecule is C[C@H](c1cc(C(F)(F)F)cc(C(F)(F)F)c1)N(C)C(=O)N1CCNCC1. The number of nitrogens with zero attached hydrogens (tertiary/aromatic N) is 2. The molecule has 26 heavy (non-hydrogen) atoms. The molecule has 1 atom stereocenters. The highest BCUT2D eigenvalue weighted by Gasteiger charge is 2.38. The maximum Gasteiger partial charge on any atom is 0.416 e. The van der Waals surface area contributed by atoms with Crippen molar-refractivity contribution in [2.24, 2.45) is 0 Å². The van der Waals surface area contributed by atoms with Crippen molar-refractivity contribution in [1.82, 2.24) is 15.1 Å². The van der Waals surface area contributed by atoms with Crippen molar-refractivity contribution in [2.75, 3.05) is 33.2 Å². The van der Waals surface area contributed by atoms with E-state index in [1.165, 1.54) is 18.9 Å². The molecule has 0 spiro atoms. The van der Waals surface area contributed by atoms with E-state index in [-0.39, 0.29) is 11.6 Å². The Morgan fingerprint density at radius 2 is 1.50 bits per heavy atom. The van der Waals surface area contributed by atoms with Gasteiger partial charge in [-0.25, -0.2) is 4.79 Å². The fraction of sp³-hybridized carbons (Fsp3) is 0.562. The fourth-order valence-electron chi connectivity index (χ4n) is 2.69. The predicted octanol–water partition coefficient (Wildman–Crippen LogP) is 3.74. The second-order valence-corrected chi connectivity index (χ2v) is 6.15. The highest BCUT2D eigenvalue weighted by Crippen LogP contribution is 2.38. The van der Waals surface area contributed by atoms with E-state index in [1.807, 2.05) is 0 Å². The lowest BCUT2D eigenvalue weighted by molar-refractivity contribution is -0.143. The van der Waals surface area contributed by atoms with Crippen LogP contribution in [-0.4, -0.2) is 49.1 Å². The summed E-state index contributed by atoms with van der Waals surface area (Å²) in [4.78, 5) is 15.1. The molecule has 0 radical (unpaired) electrons. The van der Waals surface area contributed by atoms with E-state index >= 15 is 0 Å². The van der Waals surface area contributed by atoms with Gasteiger partial charge in [0.2, 0.25) is 0 Å². The molecule has 146 valence electrons. The van der Waals surface area contributed by atoms with Crippen LogP contribution in [0.5, 0.6) is 0 Å². The average Bonchev–Trinajstić information content (AvgIpc) is 2.58. The Balaban J connectivity index is 2.34. The Morgan fingerprint density at radius 1 is 1.04 bits per heavy atom. The third-order valence-corrected chi connectivity index (χ3v) is 4.36. The molecule has 0 aromatic heterocycles. The summed E-state index contributed by atoms with van der Waals surface area (Å²) in [5, 5.41) is 3.06. The first kappa shape index (κ1) is 20.3. The first-order valence-corrected chi connectivity index (χ1v) is 7.93. The standard InChI is InChI=1S/C16H19F6N3O/c1-10(24(2)14(26)25-5-3-23-4-6-25)11-7-12(15(17,18)19)9-13(8-11)16(20,21)22/h7-10,23H,3-6H2,1-2H3/t10-/m1/s1. The molecule has 0 unspecified atom stereocenters. The molecule has 1 heterocycles. The summed E-state index contributed by atoms with van der Waals surface area (Å²) >= 11 is 0. The molecule has 1 aliphatic heterocycles. The van der Waals surface area contributed by atoms with Crippen molar-refractivity contribution in [3.05, 3.63) is 34.9 Å². The number of benzene rings is 1. The minimum absolute atomic E-state index is 0.0777. The van der Waals surface area contributed by atoms with E-state index in [2.05, 4.69) is 5.32 Å². The van der Waals surface area contributed by atoms with Gasteiger partial charge in [0, 0.05) is 33.2 Å². The summed E-state index contributed by atoms with van der Waals surface area (Å²) in [6, 6.07) is -0.0113. The van der Waals surface area contributed by atoms with Crippen molar-refractivity contribution in [3.8, 4) is 0 Å². The van der Waals surface area contributed by atoms with E-state index in [4.69, 9.17) is 0 Å². The molecule has 10 heteroatoms. The normalized spacial score (nSPS) is 17.2. The van der Waals surface area contributed by atoms with Crippen molar-refractivity contribution < 1.29 is 31.1 Å². The maximum atomic E-state index is 13.0. The molecule has 1 fully saturated rings. The first-order chi connectivity index (χ1) is 11.9. The van der Waals surface area contributed by atoms with E-state index < -0.39 is 35.6 Å². The van der Waals surface area contributed by atoms with Crippen molar-refractivity contribution >= 4 is 6.03 Å². The van der Waals surface area contributed by atoms with Crippen LogP contribution in [0.4, 0.5) is 31.1 Å². The van der Waals surface area contributed by atoms with Crippen molar-refractivity contribution in [1.29, 1.82) is 0 Å². The number of hydrogen-bond donors (Lipinski definition) is 1. The smallest absolute Gasteiger partial charge is 0.322 e. The lowest BCUT2D eigenvalue weighted by Crippen LogP contribution is -2.51. The summed E-state index contributed by atoms with van der Waals surface area (Å²) in [6.07, 6.45) is -9.84. The molecule has 1 aliphatic rings. The van der Waals surface area contributed by atoms with Crippen LogP contribution in [0, 0.1) is 0 Å². The number of carbonyl (C=O) groups excluding carboxylic acids is 1. The largest absolute Gasteiger partial charge is 0.416 e. The molecule has 0 saturated carbocycles. The molecule has 0 aliphatic carbocycles. The van der Waals surface area contributed by atoms with Gasteiger partial charge in [-0.05, 0) is 30.7 Å². The second-order valence-electron chi connectivity index (χ2n) is 6.15. The average molecular weight is 383 g/mol. The zero-order valence-corrected chi connectivity index (χ0v) is 14.2. The Morgan fingerprint density at radius 3 is 1.92 bits per heavy atom. The summed E-state index contributed by atoms with van der Waals surface area (Å²) in [5.41, 5.74) is -3.01. The number of urea groups is 1. The van der Waals surface area contributed by atoms with Crippen LogP contribution in [0.25, 0.3) is 0 Å². The summed E-state index contributed by atoms with van der Waals surface area (Å²) in [6.45, 7) is 3.40. The van der Waals surface area contributed by atoms with Crippen LogP contribution < -0.4 is 5.32 Å². The molecule has 1 aromatic carbocycles. The second kappa shape index (κ2) is 7.34. The van der Waals surface area contributed by atoms with Crippen LogP contribution >= 0.6 is 0 Å². The maximum absolute atomic E-state index is 13.0. The zero-order valence-electron chi connectivity index (χ0n) is 14.2. The number of halogens is 6. The minimum Gasteiger partial charge on any atom is -0.322 e. The topological polar surface area (TPSA) is 35.6 Å². The van der Waals surface area contributed by atoms with Gasteiger partial charge in [-0.3, -0.25) is 0 Å². The zero-order chi connectivity index (χ0) is 19.7. The highest BCUT2D eigenvalue weighted by atomic mass is 19.4. The third kappa shape index (κ3) is 4.60. The van der Waals surface area contributed by atoms with Gasteiger partial charge in [-0.2, -0.15) is 26.3 Å². The number of amides is 2. The summed E-state index contributed by atoms with van der Waals surface area (Å²) in [7, 11) is 1.36. The monoisotopic (exact) mass is 383 g/mol. The Labute approximate surface area is 146 Å². The van der Waals surface area contributed by atoms with Gasteiger partial charge in [0.25, 0.3) is 0 Å². The van der Waals surface area contributed by atoms with Gasteiger partial charge < -0.3 is 15.1 Å². The summed E-state index contributed by atoms with van der Waals surface area (Å²) < 4.78 is 77.9. The van der Waals surface area contributed by atoms with Gasteiger partial charge >= 0.3 is 18.4 Å². The molecule has 1 saturated heterocycles. The van der Waals surface area contributed by atoms with E-state index in [0.717, 1.165) is 4.90 Å². The Kier molecular flexibility index (Phi) is 5.74. The van der Waals surface area contributed by atoms with E-state index in [0.29, 0.717) is 38.3 Å². The van der Waals surface area contributed by atoms with Gasteiger partial charge in [0.15, 0.2) is 0 Å². The number of nitrogens with one attached hydrogen (secondary N) is 1. The number of piperazine rings is 1. The number of hydrogen-bond acceptors (Lipinski definition) is 2. The third-order valence-electron chi connectivity index (χ3n) is 4.36. The van der Waals surface area contributed by atoms with Gasteiger partial charge in [0.05, 0.1) is 17.2 Å². The lowest BCUT2D eigenvalue weighted by Gasteiger charge is -2.34. The minimum atomic E-state index is -4.92. The highest BCUT2D eigenvalue weighted by molar-refractivity contribution is 5.74. The van der Waals surface area contributed by atoms with Crippen LogP contribution in [0.2, 0.25) is 0 Å². The van der Waals surface area contributed by atoms with Crippen LogP contribution in [0.1, 0.15) is 29.7 Å². The molecule has 4 nitrogen and oxygen atoms in total. The summed E-state index contributed by atoms with van der Waals surface area (Å²) in [5.74, 6) is 0. The van der Waals surface area contributed by atoms with E-state index in [9.17, 15) is 31.1 Å². The quantitative estimate of drug-likeness (QED) is 0.790. The van der Waals surface area contributed by atoms with Crippen LogP contribution in [-0.2, 0) is 12.4 Å². The first-order valence-electron chi connectivity index (χ1n) is 7.93. The number of carbonyl (C=O) groups is 1. The Bertz CT molecular complexity index is 620. The molecular weight excluding hydrogens is 364 g/mol. The van der Waals surface area contributed by atoms with Crippen LogP contribution in [0.15, 0.2) is 18.2 Å². The predicted molar refractivity (Wildman–Crippen MR) is 82.5 cm³/mol. The van der Waals surface area contributed by atoms with Crippen LogP contribution in [0.3, 0.4) is 0 Å². The van der Waals surface area contributed by atoms with E-state index in [1.54, 1.807) is 0 Å². The fourth-order valence-corrected chi connectivity index (χ4v) is 2.69.